The molecule has 6 rings (SSSR count). The Bertz CT molecular complexity index is 1820. The van der Waals surface area contributed by atoms with Gasteiger partial charge in [-0.1, -0.05) is 23.7 Å². The fourth-order valence-electron chi connectivity index (χ4n) is 5.87. The number of carboxylic acids is 1. The first-order valence-corrected chi connectivity index (χ1v) is 15.0. The lowest BCUT2D eigenvalue weighted by Gasteiger charge is -2.39. The number of hydrogen-bond donors (Lipinski definition) is 4. The number of fused-ring (bicyclic) bond motifs is 1. The molecule has 3 aromatic rings. The number of carbonyl (C=O) groups excluding carboxylic acids is 3. The smallest absolute Gasteiger partial charge is 0.335 e. The summed E-state index contributed by atoms with van der Waals surface area (Å²) in [6.07, 6.45) is 4.22. The maximum absolute atomic E-state index is 15.2. The Morgan fingerprint density at radius 3 is 2.55 bits per heavy atom. The van der Waals surface area contributed by atoms with E-state index in [0.717, 1.165) is 5.56 Å². The van der Waals surface area contributed by atoms with Crippen molar-refractivity contribution < 1.29 is 28.7 Å². The van der Waals surface area contributed by atoms with Gasteiger partial charge in [-0.3, -0.25) is 19.3 Å². The van der Waals surface area contributed by atoms with Gasteiger partial charge in [0.25, 0.3) is 5.91 Å². The number of aromatic carboxylic acids is 1. The van der Waals surface area contributed by atoms with Gasteiger partial charge in [-0.25, -0.2) is 19.7 Å². The summed E-state index contributed by atoms with van der Waals surface area (Å²) in [6.45, 7) is 1.54. The average molecular weight is 661 g/mol. The van der Waals surface area contributed by atoms with Gasteiger partial charge < -0.3 is 20.2 Å². The third-order valence-corrected chi connectivity index (χ3v) is 8.49. The van der Waals surface area contributed by atoms with Crippen molar-refractivity contribution in [3.63, 3.8) is 0 Å². The fraction of sp³-hybridized carbons (Fsp3) is 0.219. The number of likely N-dealkylation sites (N-methyl/N-ethyl adjacent to an activating group) is 1. The molecule has 242 valence electrons. The molecule has 1 fully saturated rings. The van der Waals surface area contributed by atoms with Gasteiger partial charge >= 0.3 is 5.97 Å². The van der Waals surface area contributed by atoms with E-state index in [1.165, 1.54) is 58.7 Å². The number of benzene rings is 3. The highest BCUT2D eigenvalue weighted by Crippen LogP contribution is 2.37. The summed E-state index contributed by atoms with van der Waals surface area (Å²) in [5, 5.41) is 17.2. The molecule has 0 bridgehead atoms. The summed E-state index contributed by atoms with van der Waals surface area (Å²) in [6, 6.07) is 12.8. The average Bonchev–Trinajstić information content (AvgIpc) is 3.60. The van der Waals surface area contributed by atoms with Crippen LogP contribution in [0.3, 0.4) is 0 Å². The van der Waals surface area contributed by atoms with Crippen molar-refractivity contribution >= 4 is 64.8 Å². The summed E-state index contributed by atoms with van der Waals surface area (Å²) >= 11 is 6.07. The van der Waals surface area contributed by atoms with Crippen molar-refractivity contribution in [2.24, 2.45) is 5.10 Å². The number of amides is 3. The van der Waals surface area contributed by atoms with Crippen LogP contribution in [0.25, 0.3) is 6.08 Å². The maximum Gasteiger partial charge on any atom is 0.335 e. The van der Waals surface area contributed by atoms with Crippen LogP contribution in [-0.2, 0) is 20.8 Å². The van der Waals surface area contributed by atoms with Crippen molar-refractivity contribution in [3.05, 3.63) is 93.8 Å². The molecule has 13 nitrogen and oxygen atoms in total. The third-order valence-electron chi connectivity index (χ3n) is 8.20. The van der Waals surface area contributed by atoms with Gasteiger partial charge in [0.05, 0.1) is 22.8 Å². The molecule has 3 amide bonds. The van der Waals surface area contributed by atoms with Crippen LogP contribution in [-0.4, -0.2) is 78.2 Å². The zero-order chi connectivity index (χ0) is 33.2. The normalized spacial score (nSPS) is 18.0. The van der Waals surface area contributed by atoms with Crippen LogP contribution in [0.1, 0.15) is 33.1 Å². The van der Waals surface area contributed by atoms with Crippen molar-refractivity contribution in [2.75, 3.05) is 48.5 Å². The molecule has 3 aliphatic heterocycles. The molecule has 47 heavy (non-hydrogen) atoms. The third kappa shape index (κ3) is 6.38. The first-order valence-electron chi connectivity index (χ1n) is 14.7. The number of piperazine rings is 1. The highest BCUT2D eigenvalue weighted by molar-refractivity contribution is 6.31. The molecule has 0 spiro atoms. The van der Waals surface area contributed by atoms with Gasteiger partial charge in [-0.05, 0) is 73.1 Å². The van der Waals surface area contributed by atoms with Gasteiger partial charge in [0, 0.05) is 42.6 Å². The van der Waals surface area contributed by atoms with Crippen LogP contribution in [0.5, 0.6) is 0 Å². The van der Waals surface area contributed by atoms with Crippen LogP contribution < -0.4 is 26.3 Å². The fourth-order valence-corrected chi connectivity index (χ4v) is 6.04. The molecule has 3 aromatic carbocycles. The van der Waals surface area contributed by atoms with Gasteiger partial charge in [-0.2, -0.15) is 5.10 Å². The number of nitrogens with zero attached hydrogens (tertiary/aromatic N) is 5. The second-order valence-corrected chi connectivity index (χ2v) is 11.6. The van der Waals surface area contributed by atoms with Crippen LogP contribution in [0.2, 0.25) is 5.02 Å². The first kappa shape index (κ1) is 31.7. The lowest BCUT2D eigenvalue weighted by Crippen LogP contribution is -2.50. The number of anilines is 3. The standard InChI is InChI=1S/C32H30ClFN8O5/c1-39-15-16-40(28(44)17-39)25-4-2-3-22-21(25)13-14-41(30(22)31(45)36-20-7-5-19(6-8-20)32(46)47)27(43)12-9-23-26(42-18-35-37-38-42)11-10-24(33)29(23)34/h2-12,18,30,37-38H,13-17H2,1H3,(H,36,45)(H,46,47)/b12-9+/t30-/m1/s1. The summed E-state index contributed by atoms with van der Waals surface area (Å²) in [5.41, 5.74) is 7.97. The molecule has 1 saturated heterocycles. The summed E-state index contributed by atoms with van der Waals surface area (Å²) in [4.78, 5) is 57.3. The number of carbonyl (C=O) groups is 4. The van der Waals surface area contributed by atoms with Gasteiger partial charge in [0.15, 0.2) is 5.82 Å². The molecule has 0 aromatic heterocycles. The SMILES string of the molecule is CN1CCN(c2cccc3c2CCN(C(=O)/C=C/c2c(N4C=NNN4)ccc(Cl)c2F)[C@H]3C(=O)Nc2ccc(C(=O)O)cc2)C(=O)C1. The molecule has 15 heteroatoms. The predicted octanol–water partition coefficient (Wildman–Crippen LogP) is 3.01. The van der Waals surface area contributed by atoms with E-state index in [2.05, 4.69) is 21.5 Å². The topological polar surface area (TPSA) is 150 Å². The van der Waals surface area contributed by atoms with E-state index in [1.54, 1.807) is 23.1 Å². The molecular formula is C32H30ClFN8O5. The Balaban J connectivity index is 1.36. The van der Waals surface area contributed by atoms with E-state index < -0.39 is 29.6 Å². The number of carboxylic acid groups (broad SMARTS) is 1. The number of hydrazine groups is 2. The molecule has 3 heterocycles. The maximum atomic E-state index is 15.2. The van der Waals surface area contributed by atoms with E-state index in [4.69, 9.17) is 11.6 Å². The Morgan fingerprint density at radius 2 is 1.85 bits per heavy atom. The quantitative estimate of drug-likeness (QED) is 0.281. The summed E-state index contributed by atoms with van der Waals surface area (Å²) < 4.78 is 15.2. The summed E-state index contributed by atoms with van der Waals surface area (Å²) in [5.74, 6) is -3.04. The largest absolute Gasteiger partial charge is 0.478 e. The van der Waals surface area contributed by atoms with Crippen molar-refractivity contribution in [3.8, 4) is 0 Å². The lowest BCUT2D eigenvalue weighted by molar-refractivity contribution is -0.135. The van der Waals surface area contributed by atoms with Crippen molar-refractivity contribution in [1.29, 1.82) is 0 Å². The van der Waals surface area contributed by atoms with E-state index in [-0.39, 0.29) is 35.1 Å². The highest BCUT2D eigenvalue weighted by atomic mass is 35.5. The molecule has 0 radical (unpaired) electrons. The Kier molecular flexibility index (Phi) is 8.89. The molecule has 1 atom stereocenters. The first-order chi connectivity index (χ1) is 22.6. The monoisotopic (exact) mass is 660 g/mol. The second-order valence-electron chi connectivity index (χ2n) is 11.1. The van der Waals surface area contributed by atoms with Crippen LogP contribution >= 0.6 is 11.6 Å². The van der Waals surface area contributed by atoms with E-state index >= 15 is 4.39 Å². The minimum Gasteiger partial charge on any atom is -0.478 e. The van der Waals surface area contributed by atoms with E-state index in [0.29, 0.717) is 42.1 Å². The lowest BCUT2D eigenvalue weighted by atomic mass is 9.89. The Labute approximate surface area is 273 Å². The zero-order valence-electron chi connectivity index (χ0n) is 25.1. The van der Waals surface area contributed by atoms with Crippen LogP contribution in [0, 0.1) is 5.82 Å². The number of rotatable bonds is 7. The molecule has 0 unspecified atom stereocenters. The van der Waals surface area contributed by atoms with Gasteiger partial charge in [-0.15, -0.1) is 5.53 Å². The van der Waals surface area contributed by atoms with Crippen LogP contribution in [0.4, 0.5) is 21.5 Å². The molecular weight excluding hydrogens is 631 g/mol. The zero-order valence-corrected chi connectivity index (χ0v) is 25.9. The minimum absolute atomic E-state index is 0.0151. The number of hydrogen-bond acceptors (Lipinski definition) is 9. The molecule has 0 saturated carbocycles. The van der Waals surface area contributed by atoms with Gasteiger partial charge in [0.1, 0.15) is 12.4 Å². The number of hydrazone groups is 1. The molecule has 3 aliphatic rings. The van der Waals surface area contributed by atoms with Crippen molar-refractivity contribution in [2.45, 2.75) is 12.5 Å². The van der Waals surface area contributed by atoms with Crippen molar-refractivity contribution in [1.82, 2.24) is 20.9 Å². The Hall–Kier alpha value is -5.31. The molecule has 0 aliphatic carbocycles. The predicted molar refractivity (Wildman–Crippen MR) is 174 cm³/mol. The molecule has 4 N–H and O–H groups in total. The summed E-state index contributed by atoms with van der Waals surface area (Å²) in [7, 11) is 1.88. The second kappa shape index (κ2) is 13.2. The van der Waals surface area contributed by atoms with E-state index in [1.807, 2.05) is 18.0 Å². The van der Waals surface area contributed by atoms with Gasteiger partial charge in [0.2, 0.25) is 11.8 Å². The number of nitrogens with one attached hydrogen (secondary N) is 3. The number of halogens is 2. The highest BCUT2D eigenvalue weighted by Gasteiger charge is 2.38. The minimum atomic E-state index is -1.13. The Morgan fingerprint density at radius 1 is 1.06 bits per heavy atom. The van der Waals surface area contributed by atoms with Crippen LogP contribution in [0.15, 0.2) is 65.8 Å². The van der Waals surface area contributed by atoms with E-state index in [9.17, 15) is 24.3 Å².